The SMILES string of the molecule is C=CCN(C[C@@H]1O[C@H](c2cccc(-c3cccc(CNC(=O)CCC(=O)O)c3)c2)O[C@H](c2ccc(CO)cc2)[C@@H]1C)C1CCCC1. The summed E-state index contributed by atoms with van der Waals surface area (Å²) in [7, 11) is 0. The molecule has 3 aromatic carbocycles. The van der Waals surface area contributed by atoms with Crippen LogP contribution in [0.5, 0.6) is 0 Å². The first-order valence-corrected chi connectivity index (χ1v) is 16.4. The molecule has 4 atom stereocenters. The fourth-order valence-electron chi connectivity index (χ4n) is 6.60. The fourth-order valence-corrected chi connectivity index (χ4v) is 6.60. The monoisotopic (exact) mass is 626 g/mol. The second kappa shape index (κ2) is 16.1. The highest BCUT2D eigenvalue weighted by Gasteiger charge is 2.40. The number of hydrogen-bond donors (Lipinski definition) is 3. The van der Waals surface area contributed by atoms with Gasteiger partial charge in [0.15, 0.2) is 6.29 Å². The van der Waals surface area contributed by atoms with Crippen LogP contribution in [-0.4, -0.2) is 52.2 Å². The number of nitrogens with zero attached hydrogens (tertiary/aromatic N) is 1. The van der Waals surface area contributed by atoms with Crippen LogP contribution in [0.15, 0.2) is 85.5 Å². The number of carboxylic acid groups (broad SMARTS) is 1. The van der Waals surface area contributed by atoms with E-state index in [-0.39, 0.29) is 43.5 Å². The Labute approximate surface area is 272 Å². The molecule has 0 radical (unpaired) electrons. The van der Waals surface area contributed by atoms with Gasteiger partial charge in [-0.1, -0.05) is 86.5 Å². The van der Waals surface area contributed by atoms with Crippen LogP contribution in [-0.2, 0) is 32.2 Å². The maximum atomic E-state index is 12.1. The maximum absolute atomic E-state index is 12.1. The van der Waals surface area contributed by atoms with Crippen LogP contribution in [0.3, 0.4) is 0 Å². The summed E-state index contributed by atoms with van der Waals surface area (Å²) in [5.74, 6) is -1.18. The molecule has 0 aromatic heterocycles. The van der Waals surface area contributed by atoms with E-state index in [1.54, 1.807) is 0 Å². The predicted molar refractivity (Wildman–Crippen MR) is 178 cm³/mol. The first kappa shape index (κ1) is 33.5. The summed E-state index contributed by atoms with van der Waals surface area (Å²) < 4.78 is 13.6. The summed E-state index contributed by atoms with van der Waals surface area (Å²) in [6.07, 6.45) is 5.84. The van der Waals surface area contributed by atoms with Gasteiger partial charge in [-0.3, -0.25) is 14.5 Å². The molecule has 2 fully saturated rings. The van der Waals surface area contributed by atoms with E-state index in [1.165, 1.54) is 25.7 Å². The van der Waals surface area contributed by atoms with Crippen molar-refractivity contribution < 1.29 is 29.3 Å². The number of carboxylic acids is 1. The van der Waals surface area contributed by atoms with Crippen molar-refractivity contribution in [2.75, 3.05) is 13.1 Å². The van der Waals surface area contributed by atoms with E-state index in [0.29, 0.717) is 12.6 Å². The van der Waals surface area contributed by atoms with Crippen LogP contribution in [0.1, 0.15) is 80.1 Å². The molecule has 1 amide bonds. The molecule has 244 valence electrons. The van der Waals surface area contributed by atoms with E-state index >= 15 is 0 Å². The highest BCUT2D eigenvalue weighted by molar-refractivity contribution is 5.80. The second-order valence-electron chi connectivity index (χ2n) is 12.5. The standard InChI is InChI=1S/C38H46N2O6/c1-3-20-40(33-12-4-5-13-33)24-34-26(2)37(29-16-14-27(25-41)15-17-29)46-38(45-34)32-11-7-10-31(22-32)30-9-6-8-28(21-30)23-39-35(42)18-19-36(43)44/h3,6-11,14-17,21-22,26,33-34,37-38,41H,1,4-5,12-13,18-20,23-25H2,2H3,(H,39,42)(H,43,44)/t26-,34+,37+,38+/m1/s1. The molecule has 1 aliphatic carbocycles. The van der Waals surface area contributed by atoms with Gasteiger partial charge in [-0.2, -0.15) is 0 Å². The van der Waals surface area contributed by atoms with Crippen LogP contribution in [0.4, 0.5) is 0 Å². The molecule has 1 aliphatic heterocycles. The largest absolute Gasteiger partial charge is 0.481 e. The lowest BCUT2D eigenvalue weighted by Crippen LogP contribution is -2.47. The number of carbonyl (C=O) groups is 2. The molecule has 3 aromatic rings. The van der Waals surface area contributed by atoms with E-state index in [4.69, 9.17) is 14.6 Å². The van der Waals surface area contributed by atoms with Gasteiger partial charge in [0.1, 0.15) is 0 Å². The van der Waals surface area contributed by atoms with Crippen LogP contribution in [0.2, 0.25) is 0 Å². The number of carbonyl (C=O) groups excluding carboxylic acids is 1. The number of benzene rings is 3. The fraction of sp³-hybridized carbons (Fsp3) is 0.421. The third kappa shape index (κ3) is 8.70. The third-order valence-corrected chi connectivity index (χ3v) is 9.22. The number of ether oxygens (including phenoxy) is 2. The summed E-state index contributed by atoms with van der Waals surface area (Å²) in [6.45, 7) is 8.17. The van der Waals surface area contributed by atoms with E-state index in [1.807, 2.05) is 72.8 Å². The number of rotatable bonds is 14. The highest BCUT2D eigenvalue weighted by Crippen LogP contribution is 2.43. The Kier molecular flexibility index (Phi) is 11.8. The van der Waals surface area contributed by atoms with Crippen molar-refractivity contribution >= 4 is 11.9 Å². The molecular formula is C38H46N2O6. The lowest BCUT2D eigenvalue weighted by atomic mass is 9.89. The number of nitrogens with one attached hydrogen (secondary N) is 1. The minimum Gasteiger partial charge on any atom is -0.481 e. The lowest BCUT2D eigenvalue weighted by molar-refractivity contribution is -0.276. The molecule has 2 aliphatic rings. The molecule has 8 nitrogen and oxygen atoms in total. The summed E-state index contributed by atoms with van der Waals surface area (Å²) in [5.41, 5.74) is 5.77. The molecule has 0 unspecified atom stereocenters. The molecule has 1 saturated heterocycles. The second-order valence-corrected chi connectivity index (χ2v) is 12.5. The Balaban J connectivity index is 1.38. The van der Waals surface area contributed by atoms with Crippen LogP contribution in [0, 0.1) is 5.92 Å². The Morgan fingerprint density at radius 2 is 1.65 bits per heavy atom. The molecular weight excluding hydrogens is 580 g/mol. The van der Waals surface area contributed by atoms with Crippen molar-refractivity contribution in [3.05, 3.63) is 108 Å². The average Bonchev–Trinajstić information content (AvgIpc) is 3.62. The molecule has 8 heteroatoms. The zero-order valence-electron chi connectivity index (χ0n) is 26.6. The van der Waals surface area contributed by atoms with Crippen molar-refractivity contribution in [1.82, 2.24) is 10.2 Å². The zero-order chi connectivity index (χ0) is 32.5. The quantitative estimate of drug-likeness (QED) is 0.174. The van der Waals surface area contributed by atoms with Gasteiger partial charge in [0.2, 0.25) is 5.91 Å². The van der Waals surface area contributed by atoms with Crippen molar-refractivity contribution in [3.8, 4) is 11.1 Å². The zero-order valence-corrected chi connectivity index (χ0v) is 26.6. The molecule has 5 rings (SSSR count). The van der Waals surface area contributed by atoms with Gasteiger partial charge in [0.05, 0.1) is 25.2 Å². The number of aliphatic carboxylic acids is 1. The Hall–Kier alpha value is -3.82. The first-order chi connectivity index (χ1) is 22.3. The van der Waals surface area contributed by atoms with Gasteiger partial charge in [-0.05, 0) is 52.8 Å². The van der Waals surface area contributed by atoms with E-state index in [9.17, 15) is 14.7 Å². The van der Waals surface area contributed by atoms with Crippen LogP contribution < -0.4 is 5.32 Å². The minimum atomic E-state index is -0.988. The van der Waals surface area contributed by atoms with Gasteiger partial charge in [-0.15, -0.1) is 6.58 Å². The van der Waals surface area contributed by atoms with E-state index in [0.717, 1.165) is 46.5 Å². The van der Waals surface area contributed by atoms with Crippen molar-refractivity contribution in [1.29, 1.82) is 0 Å². The van der Waals surface area contributed by atoms with E-state index < -0.39 is 12.3 Å². The van der Waals surface area contributed by atoms with Crippen LogP contribution in [0.25, 0.3) is 11.1 Å². The van der Waals surface area contributed by atoms with E-state index in [2.05, 4.69) is 29.8 Å². The van der Waals surface area contributed by atoms with Crippen molar-refractivity contribution in [3.63, 3.8) is 0 Å². The van der Waals surface area contributed by atoms with Gasteiger partial charge in [-0.25, -0.2) is 0 Å². The average molecular weight is 627 g/mol. The maximum Gasteiger partial charge on any atom is 0.303 e. The van der Waals surface area contributed by atoms with Gasteiger partial charge >= 0.3 is 5.97 Å². The summed E-state index contributed by atoms with van der Waals surface area (Å²) in [5, 5.41) is 21.3. The Bertz CT molecular complexity index is 1470. The Morgan fingerprint density at radius 1 is 0.935 bits per heavy atom. The lowest BCUT2D eigenvalue weighted by Gasteiger charge is -2.43. The predicted octanol–water partition coefficient (Wildman–Crippen LogP) is 6.55. The first-order valence-electron chi connectivity index (χ1n) is 16.4. The summed E-state index contributed by atoms with van der Waals surface area (Å²) in [4.78, 5) is 25.4. The topological polar surface area (TPSA) is 108 Å². The molecule has 1 heterocycles. The van der Waals surface area contributed by atoms with Gasteiger partial charge in [0.25, 0.3) is 0 Å². The van der Waals surface area contributed by atoms with Gasteiger partial charge in [0, 0.05) is 43.6 Å². The Morgan fingerprint density at radius 3 is 2.35 bits per heavy atom. The van der Waals surface area contributed by atoms with Crippen molar-refractivity contribution in [2.24, 2.45) is 5.92 Å². The minimum absolute atomic E-state index is 0.00128. The molecule has 3 N–H and O–H groups in total. The highest BCUT2D eigenvalue weighted by atomic mass is 16.7. The number of aliphatic hydroxyl groups is 1. The molecule has 1 saturated carbocycles. The smallest absolute Gasteiger partial charge is 0.303 e. The molecule has 0 spiro atoms. The summed E-state index contributed by atoms with van der Waals surface area (Å²) >= 11 is 0. The molecule has 46 heavy (non-hydrogen) atoms. The van der Waals surface area contributed by atoms with Crippen molar-refractivity contribution in [2.45, 2.75) is 83.1 Å². The molecule has 0 bridgehead atoms. The number of amides is 1. The normalized spacial score (nSPS) is 21.7. The van der Waals surface area contributed by atoms with Gasteiger partial charge < -0.3 is 25.0 Å². The third-order valence-electron chi connectivity index (χ3n) is 9.22. The number of aliphatic hydroxyl groups excluding tert-OH is 1. The summed E-state index contributed by atoms with van der Waals surface area (Å²) in [6, 6.07) is 24.7. The number of hydrogen-bond acceptors (Lipinski definition) is 6. The van der Waals surface area contributed by atoms with Crippen LogP contribution >= 0.6 is 0 Å².